The number of aliphatic carboxylic acids is 1. The summed E-state index contributed by atoms with van der Waals surface area (Å²) in [4.78, 5) is 63.4. The van der Waals surface area contributed by atoms with Crippen LogP contribution in [0.1, 0.15) is 19.1 Å². The number of aromatic nitrogens is 2. The first-order chi connectivity index (χ1) is 23.9. The molecule has 1 aromatic heterocycles. The first-order valence-electron chi connectivity index (χ1n) is 15.2. The average Bonchev–Trinajstić information content (AvgIpc) is 3.34. The lowest BCUT2D eigenvalue weighted by Crippen LogP contribution is -2.68. The summed E-state index contributed by atoms with van der Waals surface area (Å²) in [5.41, 5.74) is 4.46. The zero-order chi connectivity index (χ0) is 38.1. The van der Waals surface area contributed by atoms with E-state index >= 15 is 0 Å². The molecule has 2 saturated heterocycles. The molecule has 11 atom stereocenters. The molecule has 2 aliphatic rings. The molecule has 0 aromatic carbocycles. The number of anilines is 1. The van der Waals surface area contributed by atoms with Gasteiger partial charge in [-0.15, -0.1) is 0 Å². The molecule has 24 nitrogen and oxygen atoms in total. The predicted molar refractivity (Wildman–Crippen MR) is 163 cm³/mol. The number of carbonyl (C=O) groups excluding carboxylic acids is 2. The smallest absolute Gasteiger partial charge is 0.475 e. The summed E-state index contributed by atoms with van der Waals surface area (Å²) in [6.07, 6.45) is -16.4. The number of aliphatic hydroxyl groups excluding tert-OH is 6. The number of carboxylic acids is 1. The Hall–Kier alpha value is -3.20. The van der Waals surface area contributed by atoms with E-state index in [2.05, 4.69) is 15.6 Å². The second-order valence-corrected chi connectivity index (χ2v) is 12.7. The van der Waals surface area contributed by atoms with Crippen LogP contribution in [-0.4, -0.2) is 169 Å². The standard InChI is InChI=1S/C26H42N5O19P/c1-45-6-7-46-5-3-28-16(35)8-17(36)30-18-12(33)9-26(24(40)41,49-22(18)19(37)13(34)10-32)50-51(43,44)47-11-14-20(38)21(39)23(48-14)31-4-2-15(27)29-25(31)42/h2,4,12-14,18-23,32-34,37-39H,3,5-11H2,1H3,(H,28,35)(H,30,36)(H,40,41)(H,43,44)(H2,27,29,42)/t12-,13-,14?,18-,19-,20-,21-,22?,23?,26-/m1/s1. The molecule has 2 fully saturated rings. The lowest BCUT2D eigenvalue weighted by Gasteiger charge is -2.46. The van der Waals surface area contributed by atoms with E-state index < -0.39 is 118 Å². The lowest BCUT2D eigenvalue weighted by molar-refractivity contribution is -0.289. The van der Waals surface area contributed by atoms with Gasteiger partial charge in [0.05, 0.1) is 45.2 Å². The minimum atomic E-state index is -5.63. The maximum Gasteiger partial charge on any atom is 0.475 e. The highest BCUT2D eigenvalue weighted by Gasteiger charge is 2.59. The molecule has 12 N–H and O–H groups in total. The number of hydrogen-bond acceptors (Lipinski definition) is 19. The average molecular weight is 760 g/mol. The maximum absolute atomic E-state index is 13.0. The van der Waals surface area contributed by atoms with Gasteiger partial charge in [-0.2, -0.15) is 4.98 Å². The number of ether oxygens (including phenoxy) is 4. The zero-order valence-electron chi connectivity index (χ0n) is 27.0. The molecule has 4 unspecified atom stereocenters. The van der Waals surface area contributed by atoms with Crippen molar-refractivity contribution >= 4 is 31.4 Å². The molecule has 3 heterocycles. The van der Waals surface area contributed by atoms with Gasteiger partial charge in [0, 0.05) is 26.3 Å². The fourth-order valence-electron chi connectivity index (χ4n) is 5.03. The number of methoxy groups -OCH3 is 1. The molecule has 25 heteroatoms. The van der Waals surface area contributed by atoms with Crippen LogP contribution in [0.5, 0.6) is 0 Å². The third-order valence-corrected chi connectivity index (χ3v) is 8.59. The van der Waals surface area contributed by atoms with Crippen molar-refractivity contribution in [2.75, 3.05) is 52.4 Å². The van der Waals surface area contributed by atoms with E-state index in [4.69, 9.17) is 33.7 Å². The molecule has 290 valence electrons. The monoisotopic (exact) mass is 759 g/mol. The highest BCUT2D eigenvalue weighted by Crippen LogP contribution is 2.51. The Labute approximate surface area is 288 Å². The van der Waals surface area contributed by atoms with E-state index in [0.29, 0.717) is 6.61 Å². The molecular weight excluding hydrogens is 717 g/mol. The number of aliphatic hydroxyl groups is 6. The number of carboxylic acid groups (broad SMARTS) is 1. The van der Waals surface area contributed by atoms with Gasteiger partial charge in [-0.3, -0.25) is 18.7 Å². The van der Waals surface area contributed by atoms with E-state index in [-0.39, 0.29) is 25.6 Å². The first kappa shape index (κ1) is 42.2. The summed E-state index contributed by atoms with van der Waals surface area (Å²) >= 11 is 0. The van der Waals surface area contributed by atoms with E-state index in [1.807, 2.05) is 0 Å². The fourth-order valence-corrected chi connectivity index (χ4v) is 5.99. The Balaban J connectivity index is 1.71. The Morgan fingerprint density at radius 1 is 1.18 bits per heavy atom. The van der Waals surface area contributed by atoms with E-state index in [1.165, 1.54) is 13.2 Å². The number of nitrogens with two attached hydrogens (primary N) is 1. The number of amides is 2. The molecule has 0 saturated carbocycles. The number of rotatable bonds is 19. The quantitative estimate of drug-likeness (QED) is 0.0355. The van der Waals surface area contributed by atoms with Gasteiger partial charge in [0.2, 0.25) is 11.8 Å². The molecule has 2 aliphatic heterocycles. The van der Waals surface area contributed by atoms with Gasteiger partial charge in [0.15, 0.2) is 6.23 Å². The Morgan fingerprint density at radius 2 is 1.88 bits per heavy atom. The molecule has 3 rings (SSSR count). The molecule has 51 heavy (non-hydrogen) atoms. The molecular formula is C26H42N5O19P. The van der Waals surface area contributed by atoms with Crippen LogP contribution in [0.4, 0.5) is 5.82 Å². The Bertz CT molecular complexity index is 1450. The minimum absolute atomic E-state index is 0.0177. The fraction of sp³-hybridized carbons (Fsp3) is 0.731. The van der Waals surface area contributed by atoms with E-state index in [0.717, 1.165) is 10.8 Å². The van der Waals surface area contributed by atoms with Crippen molar-refractivity contribution in [2.24, 2.45) is 0 Å². The summed E-state index contributed by atoms with van der Waals surface area (Å²) < 4.78 is 44.1. The molecule has 0 bridgehead atoms. The van der Waals surface area contributed by atoms with E-state index in [1.54, 1.807) is 0 Å². The zero-order valence-corrected chi connectivity index (χ0v) is 27.9. The van der Waals surface area contributed by atoms with Crippen LogP contribution in [0.3, 0.4) is 0 Å². The molecule has 0 aliphatic carbocycles. The van der Waals surface area contributed by atoms with Gasteiger partial charge >= 0.3 is 19.5 Å². The number of phosphoric ester groups is 1. The van der Waals surface area contributed by atoms with Crippen LogP contribution in [0.2, 0.25) is 0 Å². The van der Waals surface area contributed by atoms with Gasteiger partial charge in [-0.05, 0) is 6.07 Å². The van der Waals surface area contributed by atoms with Gasteiger partial charge in [-0.25, -0.2) is 18.7 Å². The highest BCUT2D eigenvalue weighted by atomic mass is 31.2. The van der Waals surface area contributed by atoms with Crippen LogP contribution >= 0.6 is 7.82 Å². The van der Waals surface area contributed by atoms with Crippen molar-refractivity contribution in [1.82, 2.24) is 20.2 Å². The molecule has 2 amide bonds. The number of nitrogen functional groups attached to an aromatic ring is 1. The van der Waals surface area contributed by atoms with Crippen LogP contribution in [0.25, 0.3) is 0 Å². The summed E-state index contributed by atoms with van der Waals surface area (Å²) in [5.74, 6) is -7.50. The van der Waals surface area contributed by atoms with Crippen molar-refractivity contribution < 1.29 is 87.6 Å². The number of carbonyl (C=O) groups is 3. The van der Waals surface area contributed by atoms with E-state index in [9.17, 15) is 64.4 Å². The van der Waals surface area contributed by atoms with Gasteiger partial charge in [0.1, 0.15) is 48.9 Å². The second-order valence-electron chi connectivity index (χ2n) is 11.3. The van der Waals surface area contributed by atoms with Crippen molar-refractivity contribution in [3.8, 4) is 0 Å². The van der Waals surface area contributed by atoms with Crippen molar-refractivity contribution in [3.63, 3.8) is 0 Å². The van der Waals surface area contributed by atoms with Crippen LogP contribution < -0.4 is 22.1 Å². The van der Waals surface area contributed by atoms with Crippen molar-refractivity contribution in [3.05, 3.63) is 22.7 Å². The highest BCUT2D eigenvalue weighted by molar-refractivity contribution is 7.47. The normalized spacial score (nSPS) is 30.2. The van der Waals surface area contributed by atoms with Crippen molar-refractivity contribution in [1.29, 1.82) is 0 Å². The largest absolute Gasteiger partial charge is 0.477 e. The van der Waals surface area contributed by atoms with Gasteiger partial charge in [0.25, 0.3) is 5.79 Å². The van der Waals surface area contributed by atoms with Crippen LogP contribution in [0.15, 0.2) is 17.1 Å². The van der Waals surface area contributed by atoms with Crippen LogP contribution in [0, 0.1) is 0 Å². The summed E-state index contributed by atoms with van der Waals surface area (Å²) in [6, 6.07) is -0.603. The molecule has 0 radical (unpaired) electrons. The van der Waals surface area contributed by atoms with Crippen molar-refractivity contribution in [2.45, 2.75) is 73.6 Å². The summed E-state index contributed by atoms with van der Waals surface area (Å²) in [6.45, 7) is -1.52. The summed E-state index contributed by atoms with van der Waals surface area (Å²) in [5, 5.41) is 76.5. The third-order valence-electron chi connectivity index (χ3n) is 7.59. The van der Waals surface area contributed by atoms with Gasteiger partial charge < -0.3 is 76.0 Å². The minimum Gasteiger partial charge on any atom is -0.477 e. The molecule has 0 spiro atoms. The Kier molecular flexibility index (Phi) is 15.3. The number of phosphoric acid groups is 1. The Morgan fingerprint density at radius 3 is 2.51 bits per heavy atom. The number of nitrogens with one attached hydrogen (secondary N) is 2. The molecule has 1 aromatic rings. The lowest BCUT2D eigenvalue weighted by atomic mass is 9.88. The van der Waals surface area contributed by atoms with Gasteiger partial charge in [-0.1, -0.05) is 0 Å². The number of hydrogen-bond donors (Lipinski definition) is 11. The van der Waals surface area contributed by atoms with Crippen LogP contribution in [-0.2, 0) is 46.9 Å². The maximum atomic E-state index is 13.0. The SMILES string of the molecule is COCCOCCNC(=O)CC(=O)N[C@H]1C([C@H](O)[C@H](O)CO)O[C@](OP(=O)(O)OCC2OC(n3ccc(N)nc3=O)[C@H](O)[C@@H]2O)(C(=O)O)C[C@H]1O. The summed E-state index contributed by atoms with van der Waals surface area (Å²) in [7, 11) is -4.15. The third kappa shape index (κ3) is 11.1. The second kappa shape index (κ2) is 18.5. The topological polar surface area (TPSA) is 370 Å². The predicted octanol–water partition coefficient (Wildman–Crippen LogP) is -6.12. The number of nitrogens with zero attached hydrogens (tertiary/aromatic N) is 2. The first-order valence-corrected chi connectivity index (χ1v) is 16.7.